The topological polar surface area (TPSA) is 81.2 Å². The van der Waals surface area contributed by atoms with Gasteiger partial charge < -0.3 is 19.8 Å². The minimum absolute atomic E-state index is 0.0803. The number of rotatable bonds is 11. The van der Waals surface area contributed by atoms with Gasteiger partial charge in [-0.3, -0.25) is 14.4 Å². The number of benzene rings is 1. The fourth-order valence-electron chi connectivity index (χ4n) is 6.92. The summed E-state index contributed by atoms with van der Waals surface area (Å²) in [5.74, 6) is -1.57. The van der Waals surface area contributed by atoms with Gasteiger partial charge in [-0.25, -0.2) is 0 Å². The van der Waals surface area contributed by atoms with Crippen LogP contribution < -0.4 is 0 Å². The number of likely N-dealkylation sites (N-methyl/N-ethyl adjacent to an activating group) is 1. The Bertz CT molecular complexity index is 1090. The van der Waals surface area contributed by atoms with Gasteiger partial charge in [-0.05, 0) is 45.6 Å². The fraction of sp³-hybridized carbons (Fsp3) is 0.567. The first-order valence-electron chi connectivity index (χ1n) is 13.5. The van der Waals surface area contributed by atoms with E-state index in [1.54, 1.807) is 45.7 Å². The van der Waals surface area contributed by atoms with E-state index in [1.807, 2.05) is 44.2 Å². The van der Waals surface area contributed by atoms with E-state index in [4.69, 9.17) is 0 Å². The number of fused-ring (bicyclic) bond motifs is 1. The summed E-state index contributed by atoms with van der Waals surface area (Å²) in [5.41, 5.74) is 0.981. The van der Waals surface area contributed by atoms with Crippen molar-refractivity contribution in [2.45, 2.75) is 67.7 Å². The lowest BCUT2D eigenvalue weighted by molar-refractivity contribution is -0.147. The van der Waals surface area contributed by atoms with Gasteiger partial charge in [0.15, 0.2) is 0 Å². The van der Waals surface area contributed by atoms with E-state index in [9.17, 15) is 19.5 Å². The number of hydrogen-bond acceptors (Lipinski definition) is 5. The number of nitrogens with zero attached hydrogens (tertiary/aromatic N) is 3. The summed E-state index contributed by atoms with van der Waals surface area (Å²) >= 11 is 1.66. The average Bonchev–Trinajstić information content (AvgIpc) is 3.46. The van der Waals surface area contributed by atoms with Gasteiger partial charge >= 0.3 is 0 Å². The van der Waals surface area contributed by atoms with Crippen LogP contribution in [-0.4, -0.2) is 91.9 Å². The van der Waals surface area contributed by atoms with Crippen LogP contribution >= 0.6 is 11.8 Å². The third kappa shape index (κ3) is 4.49. The molecule has 7 nitrogen and oxygen atoms in total. The third-order valence-corrected chi connectivity index (χ3v) is 10.6. The molecule has 0 saturated carbocycles. The Hall–Kier alpha value is -2.58. The molecule has 206 valence electrons. The summed E-state index contributed by atoms with van der Waals surface area (Å²) in [4.78, 5) is 47.8. The minimum atomic E-state index is -0.766. The molecule has 0 aliphatic carbocycles. The molecule has 0 radical (unpaired) electrons. The van der Waals surface area contributed by atoms with Crippen LogP contribution in [0.1, 0.15) is 39.2 Å². The van der Waals surface area contributed by atoms with Crippen molar-refractivity contribution in [1.29, 1.82) is 0 Å². The van der Waals surface area contributed by atoms with Crippen LogP contribution in [0.3, 0.4) is 0 Å². The SMILES string of the molecule is C=CCN(C)C(=O)[C@H]1[C@H]2C(=O)N([C@@H](CO)Cc3ccccc3)C(C(=O)N(CC=C)C(C)C)C23CC[C@]1(C)S3. The zero-order valence-corrected chi connectivity index (χ0v) is 23.8. The van der Waals surface area contributed by atoms with E-state index in [1.165, 1.54) is 0 Å². The summed E-state index contributed by atoms with van der Waals surface area (Å²) in [6.07, 6.45) is 5.25. The summed E-state index contributed by atoms with van der Waals surface area (Å²) < 4.78 is -1.16. The highest BCUT2D eigenvalue weighted by Gasteiger charge is 2.78. The number of hydrogen-bond donors (Lipinski definition) is 1. The van der Waals surface area contributed by atoms with Crippen molar-refractivity contribution in [2.24, 2.45) is 11.8 Å². The molecule has 0 aromatic heterocycles. The summed E-state index contributed by atoms with van der Waals surface area (Å²) in [5, 5.41) is 10.6. The fourth-order valence-corrected chi connectivity index (χ4v) is 9.25. The van der Waals surface area contributed by atoms with Gasteiger partial charge in [0.05, 0.1) is 29.2 Å². The third-order valence-electron chi connectivity index (χ3n) is 8.64. The average molecular weight is 540 g/mol. The molecule has 3 aliphatic rings. The zero-order chi connectivity index (χ0) is 27.8. The van der Waals surface area contributed by atoms with Crippen LogP contribution in [0, 0.1) is 11.8 Å². The molecule has 8 heteroatoms. The van der Waals surface area contributed by atoms with E-state index >= 15 is 0 Å². The lowest BCUT2D eigenvalue weighted by atomic mass is 9.66. The highest BCUT2D eigenvalue weighted by molar-refractivity contribution is 8.02. The second-order valence-corrected chi connectivity index (χ2v) is 13.3. The molecule has 3 saturated heterocycles. The Morgan fingerprint density at radius 1 is 1.16 bits per heavy atom. The first-order valence-corrected chi connectivity index (χ1v) is 14.3. The van der Waals surface area contributed by atoms with Crippen LogP contribution in [0.2, 0.25) is 0 Å². The molecule has 1 aromatic rings. The van der Waals surface area contributed by atoms with Gasteiger partial charge in [0.2, 0.25) is 17.7 Å². The van der Waals surface area contributed by atoms with Crippen molar-refractivity contribution < 1.29 is 19.5 Å². The molecule has 4 rings (SSSR count). The van der Waals surface area contributed by atoms with E-state index in [-0.39, 0.29) is 30.4 Å². The Balaban J connectivity index is 1.83. The van der Waals surface area contributed by atoms with Crippen molar-refractivity contribution in [3.05, 3.63) is 61.2 Å². The van der Waals surface area contributed by atoms with Crippen LogP contribution in [0.5, 0.6) is 0 Å². The standard InChI is InChI=1S/C30H41N3O4S/c1-7-16-31(6)26(35)23-24-27(36)33(22(19-34)18-21-12-10-9-11-13-21)25(28(37)32(17-8-2)20(3)4)30(24)15-14-29(23,5)38-30/h7-13,20,22-25,34H,1-2,14-19H2,3-6H3/t22-,23-,24+,25?,29+,30?/m1/s1. The normalized spacial score (nSPS) is 30.3. The van der Waals surface area contributed by atoms with Crippen LogP contribution in [0.4, 0.5) is 0 Å². The molecule has 3 fully saturated rings. The molecular weight excluding hydrogens is 498 g/mol. The number of carbonyl (C=O) groups excluding carboxylic acids is 3. The molecule has 38 heavy (non-hydrogen) atoms. The van der Waals surface area contributed by atoms with Gasteiger partial charge in [0.25, 0.3) is 0 Å². The number of likely N-dealkylation sites (tertiary alicyclic amines) is 1. The van der Waals surface area contributed by atoms with Gasteiger partial charge in [-0.15, -0.1) is 24.9 Å². The highest BCUT2D eigenvalue weighted by atomic mass is 32.2. The second kappa shape index (κ2) is 10.9. The minimum Gasteiger partial charge on any atom is -0.394 e. The predicted octanol–water partition coefficient (Wildman–Crippen LogP) is 3.14. The Morgan fingerprint density at radius 2 is 1.82 bits per heavy atom. The monoisotopic (exact) mass is 539 g/mol. The molecule has 3 aliphatic heterocycles. The molecule has 6 atom stereocenters. The summed E-state index contributed by atoms with van der Waals surface area (Å²) in [7, 11) is 1.74. The maximum Gasteiger partial charge on any atom is 0.247 e. The lowest BCUT2D eigenvalue weighted by Crippen LogP contribution is -2.59. The van der Waals surface area contributed by atoms with Gasteiger partial charge in [0, 0.05) is 30.9 Å². The lowest BCUT2D eigenvalue weighted by Gasteiger charge is -2.40. The largest absolute Gasteiger partial charge is 0.394 e. The summed E-state index contributed by atoms with van der Waals surface area (Å²) in [6.45, 7) is 14.1. The number of thioether (sulfide) groups is 1. The van der Waals surface area contributed by atoms with Gasteiger partial charge in [0.1, 0.15) is 6.04 Å². The molecule has 3 amide bonds. The maximum absolute atomic E-state index is 14.5. The highest BCUT2D eigenvalue weighted by Crippen LogP contribution is 2.72. The number of aliphatic hydroxyl groups excluding tert-OH is 1. The number of carbonyl (C=O) groups is 3. The Labute approximate surface area is 230 Å². The Kier molecular flexibility index (Phi) is 8.15. The Morgan fingerprint density at radius 3 is 2.39 bits per heavy atom. The van der Waals surface area contributed by atoms with Crippen LogP contribution in [0.25, 0.3) is 0 Å². The molecular formula is C30H41N3O4S. The predicted molar refractivity (Wildman–Crippen MR) is 151 cm³/mol. The van der Waals surface area contributed by atoms with E-state index in [0.29, 0.717) is 25.9 Å². The van der Waals surface area contributed by atoms with Crippen LogP contribution in [-0.2, 0) is 20.8 Å². The van der Waals surface area contributed by atoms with Crippen molar-refractivity contribution in [1.82, 2.24) is 14.7 Å². The maximum atomic E-state index is 14.5. The molecule has 3 heterocycles. The quantitative estimate of drug-likeness (QED) is 0.437. The van der Waals surface area contributed by atoms with Crippen molar-refractivity contribution >= 4 is 29.5 Å². The van der Waals surface area contributed by atoms with E-state index in [0.717, 1.165) is 12.0 Å². The van der Waals surface area contributed by atoms with E-state index in [2.05, 4.69) is 20.1 Å². The molecule has 1 spiro atoms. The van der Waals surface area contributed by atoms with Gasteiger partial charge in [-0.2, -0.15) is 0 Å². The number of amides is 3. The first-order chi connectivity index (χ1) is 18.1. The smallest absolute Gasteiger partial charge is 0.247 e. The molecule has 2 bridgehead atoms. The molecule has 1 N–H and O–H groups in total. The second-order valence-electron chi connectivity index (χ2n) is 11.4. The van der Waals surface area contributed by atoms with Crippen LogP contribution in [0.15, 0.2) is 55.6 Å². The molecule has 1 aromatic carbocycles. The molecule has 2 unspecified atom stereocenters. The zero-order valence-electron chi connectivity index (χ0n) is 23.0. The van der Waals surface area contributed by atoms with Crippen molar-refractivity contribution in [3.8, 4) is 0 Å². The van der Waals surface area contributed by atoms with E-state index < -0.39 is 33.4 Å². The van der Waals surface area contributed by atoms with Crippen molar-refractivity contribution in [2.75, 3.05) is 26.7 Å². The number of aliphatic hydroxyl groups is 1. The summed E-state index contributed by atoms with van der Waals surface area (Å²) in [6, 6.07) is 8.28. The van der Waals surface area contributed by atoms with Gasteiger partial charge in [-0.1, -0.05) is 42.5 Å². The first kappa shape index (κ1) is 28.4. The van der Waals surface area contributed by atoms with Crippen molar-refractivity contribution in [3.63, 3.8) is 0 Å².